The van der Waals surface area contributed by atoms with E-state index in [1.807, 2.05) is 0 Å². The molecular weight excluding hydrogens is 244 g/mol. The van der Waals surface area contributed by atoms with Crippen molar-refractivity contribution in [2.24, 2.45) is 0 Å². The van der Waals surface area contributed by atoms with Crippen LogP contribution in [0.15, 0.2) is 0 Å². The van der Waals surface area contributed by atoms with Gasteiger partial charge in [-0.1, -0.05) is 11.8 Å². The third-order valence-corrected chi connectivity index (χ3v) is 2.97. The van der Waals surface area contributed by atoms with Crippen LogP contribution in [-0.4, -0.2) is 37.4 Å². The van der Waals surface area contributed by atoms with Crippen molar-refractivity contribution >= 4 is 22.7 Å². The topological polar surface area (TPSA) is 136 Å². The summed E-state index contributed by atoms with van der Waals surface area (Å²) < 4.78 is 0. The highest BCUT2D eigenvalue weighted by Gasteiger charge is 2.25. The summed E-state index contributed by atoms with van der Waals surface area (Å²) >= 11 is 0.885. The van der Waals surface area contributed by atoms with Gasteiger partial charge in [0.2, 0.25) is 0 Å². The van der Waals surface area contributed by atoms with Crippen molar-refractivity contribution in [2.75, 3.05) is 11.5 Å². The summed E-state index contributed by atoms with van der Waals surface area (Å²) in [5, 5.41) is 34.0. The first kappa shape index (κ1) is 13.5. The van der Waals surface area contributed by atoms with Gasteiger partial charge in [0.05, 0.1) is 11.8 Å². The molecule has 2 unspecified atom stereocenters. The Balaban J connectivity index is 2.78. The summed E-state index contributed by atoms with van der Waals surface area (Å²) in [7, 11) is 0. The number of nitrogens with zero attached hydrogens (tertiary/aromatic N) is 2. The minimum atomic E-state index is -1.33. The Labute approximate surface area is 102 Å². The van der Waals surface area contributed by atoms with Crippen molar-refractivity contribution in [1.29, 1.82) is 5.26 Å². The van der Waals surface area contributed by atoms with Crippen LogP contribution in [0.4, 0.5) is 5.82 Å². The van der Waals surface area contributed by atoms with Crippen LogP contribution < -0.4 is 5.73 Å². The fraction of sp³-hybridized carbons (Fsp3) is 0.444. The number of nitrogens with two attached hydrogens (primary N) is 1. The number of anilines is 1. The molecule has 0 aromatic carbocycles. The van der Waals surface area contributed by atoms with Gasteiger partial charge in [-0.25, -0.2) is 0 Å². The Hall–Kier alpha value is -1.56. The number of aliphatic hydroxyl groups excluding tert-OH is 2. The van der Waals surface area contributed by atoms with Crippen molar-refractivity contribution in [1.82, 2.24) is 10.2 Å². The number of hydrogen-bond donors (Lipinski definition) is 4. The number of aliphatic hydroxyl groups is 2. The van der Waals surface area contributed by atoms with Crippen LogP contribution >= 0.6 is 11.8 Å². The van der Waals surface area contributed by atoms with E-state index in [4.69, 9.17) is 11.0 Å². The predicted octanol–water partition coefficient (Wildman–Crippen LogP) is -0.462. The van der Waals surface area contributed by atoms with Crippen LogP contribution in [0.25, 0.3) is 0 Å². The lowest BCUT2D eigenvalue weighted by molar-refractivity contribution is -0.109. The molecule has 0 bridgehead atoms. The molecule has 1 rings (SSSR count). The number of hydrogen-bond acceptors (Lipinski definition) is 7. The third kappa shape index (κ3) is 3.20. The molecule has 0 amide bonds. The van der Waals surface area contributed by atoms with Crippen molar-refractivity contribution in [3.63, 3.8) is 0 Å². The highest BCUT2D eigenvalue weighted by molar-refractivity contribution is 8.13. The normalized spacial score (nSPS) is 14.0. The van der Waals surface area contributed by atoms with E-state index in [0.717, 1.165) is 11.8 Å². The molecule has 1 heterocycles. The highest BCUT2D eigenvalue weighted by Crippen LogP contribution is 2.23. The monoisotopic (exact) mass is 256 g/mol. The molecule has 92 valence electrons. The number of rotatable bonds is 4. The molecule has 7 nitrogen and oxygen atoms in total. The van der Waals surface area contributed by atoms with Gasteiger partial charge in [-0.2, -0.15) is 10.4 Å². The van der Waals surface area contributed by atoms with Crippen LogP contribution in [0.5, 0.6) is 0 Å². The molecular formula is C9H12N4O3S. The molecule has 2 atom stereocenters. The lowest BCUT2D eigenvalue weighted by Gasteiger charge is -2.15. The van der Waals surface area contributed by atoms with Gasteiger partial charge >= 0.3 is 0 Å². The van der Waals surface area contributed by atoms with Crippen LogP contribution in [0.3, 0.4) is 0 Å². The number of carbonyl (C=O) groups is 1. The van der Waals surface area contributed by atoms with Crippen molar-refractivity contribution in [2.45, 2.75) is 19.1 Å². The van der Waals surface area contributed by atoms with Gasteiger partial charge in [0, 0.05) is 12.7 Å². The van der Waals surface area contributed by atoms with E-state index in [1.54, 1.807) is 6.07 Å². The number of aromatic nitrogens is 2. The van der Waals surface area contributed by atoms with Gasteiger partial charge in [0.25, 0.3) is 0 Å². The summed E-state index contributed by atoms with van der Waals surface area (Å²) in [5.41, 5.74) is 5.46. The zero-order valence-corrected chi connectivity index (χ0v) is 9.86. The number of H-pyrrole nitrogens is 1. The maximum atomic E-state index is 10.7. The van der Waals surface area contributed by atoms with Gasteiger partial charge in [0.15, 0.2) is 10.9 Å². The zero-order chi connectivity index (χ0) is 13.0. The molecule has 0 fully saturated rings. The number of nitrogen functional groups attached to an aromatic ring is 1. The smallest absolute Gasteiger partial charge is 0.185 e. The van der Waals surface area contributed by atoms with E-state index < -0.39 is 12.2 Å². The van der Waals surface area contributed by atoms with Crippen molar-refractivity contribution in [3.8, 4) is 6.07 Å². The largest absolute Gasteiger partial charge is 0.389 e. The molecule has 1 aromatic heterocycles. The first-order valence-electron chi connectivity index (χ1n) is 4.70. The summed E-state index contributed by atoms with van der Waals surface area (Å²) in [6.07, 6.45) is -2.52. The Morgan fingerprint density at radius 3 is 2.88 bits per heavy atom. The molecule has 0 saturated carbocycles. The molecule has 1 aromatic rings. The summed E-state index contributed by atoms with van der Waals surface area (Å²) in [6.45, 7) is 1.36. The zero-order valence-electron chi connectivity index (χ0n) is 9.04. The molecule has 0 aliphatic carbocycles. The van der Waals surface area contributed by atoms with Gasteiger partial charge in [-0.3, -0.25) is 9.89 Å². The summed E-state index contributed by atoms with van der Waals surface area (Å²) in [5.74, 6) is -0.00622. The van der Waals surface area contributed by atoms with Gasteiger partial charge in [-0.05, 0) is 0 Å². The SMILES string of the molecule is CC(=O)SCC(O)C(O)c1[nH]nc(N)c1C#N. The van der Waals surface area contributed by atoms with Crippen LogP contribution in [-0.2, 0) is 4.79 Å². The molecule has 8 heteroatoms. The molecule has 5 N–H and O–H groups in total. The Morgan fingerprint density at radius 2 is 2.35 bits per heavy atom. The Bertz CT molecular complexity index is 454. The maximum Gasteiger partial charge on any atom is 0.185 e. The molecule has 0 aliphatic rings. The lowest BCUT2D eigenvalue weighted by Crippen LogP contribution is -2.22. The van der Waals surface area contributed by atoms with Gasteiger partial charge in [0.1, 0.15) is 17.7 Å². The fourth-order valence-corrected chi connectivity index (χ4v) is 1.78. The highest BCUT2D eigenvalue weighted by atomic mass is 32.2. The first-order valence-corrected chi connectivity index (χ1v) is 5.69. The van der Waals surface area contributed by atoms with E-state index in [1.165, 1.54) is 6.92 Å². The number of nitrogens with one attached hydrogen (secondary N) is 1. The number of thioether (sulfide) groups is 1. The average molecular weight is 256 g/mol. The quantitative estimate of drug-likeness (QED) is 0.572. The second-order valence-electron chi connectivity index (χ2n) is 3.32. The van der Waals surface area contributed by atoms with Crippen LogP contribution in [0.2, 0.25) is 0 Å². The second kappa shape index (κ2) is 5.67. The van der Waals surface area contributed by atoms with E-state index >= 15 is 0 Å². The summed E-state index contributed by atoms with van der Waals surface area (Å²) in [6, 6.07) is 1.78. The van der Waals surface area contributed by atoms with Crippen molar-refractivity contribution in [3.05, 3.63) is 11.3 Å². The predicted molar refractivity (Wildman–Crippen MR) is 61.8 cm³/mol. The first-order chi connectivity index (χ1) is 7.97. The second-order valence-corrected chi connectivity index (χ2v) is 4.52. The van der Waals surface area contributed by atoms with Crippen molar-refractivity contribution < 1.29 is 15.0 Å². The van der Waals surface area contributed by atoms with E-state index in [0.29, 0.717) is 0 Å². The van der Waals surface area contributed by atoms with E-state index in [9.17, 15) is 15.0 Å². The Morgan fingerprint density at radius 1 is 1.71 bits per heavy atom. The number of aromatic amines is 1. The van der Waals surface area contributed by atoms with E-state index in [-0.39, 0.29) is 27.9 Å². The molecule has 0 spiro atoms. The van der Waals surface area contributed by atoms with E-state index in [2.05, 4.69) is 10.2 Å². The molecule has 0 aliphatic heterocycles. The molecule has 17 heavy (non-hydrogen) atoms. The number of nitriles is 1. The fourth-order valence-electron chi connectivity index (χ4n) is 1.19. The molecule has 0 saturated heterocycles. The third-order valence-electron chi connectivity index (χ3n) is 2.05. The summed E-state index contributed by atoms with van der Waals surface area (Å²) in [4.78, 5) is 10.7. The lowest BCUT2D eigenvalue weighted by atomic mass is 10.1. The Kier molecular flexibility index (Phi) is 4.51. The minimum Gasteiger partial charge on any atom is -0.389 e. The number of carbonyl (C=O) groups excluding carboxylic acids is 1. The van der Waals surface area contributed by atoms with Crippen LogP contribution in [0, 0.1) is 11.3 Å². The van der Waals surface area contributed by atoms with Gasteiger partial charge in [-0.15, -0.1) is 0 Å². The minimum absolute atomic E-state index is 0.00405. The average Bonchev–Trinajstić information content (AvgIpc) is 2.66. The van der Waals surface area contributed by atoms with Gasteiger partial charge < -0.3 is 15.9 Å². The van der Waals surface area contributed by atoms with Crippen LogP contribution in [0.1, 0.15) is 24.3 Å². The molecule has 0 radical (unpaired) electrons. The standard InChI is InChI=1S/C9H12N4O3S/c1-4(14)17-3-6(15)8(16)7-5(2-10)9(11)13-12-7/h6,8,15-16H,3H2,1H3,(H3,11,12,13). The maximum absolute atomic E-state index is 10.7.